The Kier molecular flexibility index (Phi) is 26.6. The lowest BCUT2D eigenvalue weighted by Crippen LogP contribution is -2.54. The third-order valence-electron chi connectivity index (χ3n) is 11.4. The summed E-state index contributed by atoms with van der Waals surface area (Å²) < 4.78 is 23.4. The molecule has 0 radical (unpaired) electrons. The first-order valence-corrected chi connectivity index (χ1v) is 22.5. The second-order valence-corrected chi connectivity index (χ2v) is 17.0. The van der Waals surface area contributed by atoms with E-state index in [4.69, 9.17) is 24.7 Å². The fourth-order valence-corrected chi connectivity index (χ4v) is 7.32. The molecule has 10 N–H and O–H groups in total. The van der Waals surface area contributed by atoms with Crippen LogP contribution in [0.1, 0.15) is 112 Å². The zero-order chi connectivity index (χ0) is 47.0. The van der Waals surface area contributed by atoms with Crippen molar-refractivity contribution >= 4 is 11.9 Å². The number of hydrogen-bond donors (Lipinski definition) is 9. The van der Waals surface area contributed by atoms with Crippen molar-refractivity contribution in [3.63, 3.8) is 0 Å². The van der Waals surface area contributed by atoms with Gasteiger partial charge in [0.1, 0.15) is 12.2 Å². The second-order valence-electron chi connectivity index (χ2n) is 17.0. The van der Waals surface area contributed by atoms with Crippen molar-refractivity contribution in [2.24, 2.45) is 17.6 Å². The molecule has 63 heavy (non-hydrogen) atoms. The first-order chi connectivity index (χ1) is 29.9. The van der Waals surface area contributed by atoms with Crippen LogP contribution in [0.15, 0.2) is 85.1 Å². The molecule has 0 saturated carbocycles. The molecule has 2 aliphatic heterocycles. The Bertz CT molecular complexity index is 1530. The van der Waals surface area contributed by atoms with Gasteiger partial charge in [-0.05, 0) is 58.3 Å². The van der Waals surface area contributed by atoms with Crippen molar-refractivity contribution < 1.29 is 69.4 Å². The number of rotatable bonds is 28. The summed E-state index contributed by atoms with van der Waals surface area (Å²) in [6.45, 7) is 9.58. The molecule has 0 spiro atoms. The number of carboxylic acids is 1. The van der Waals surface area contributed by atoms with Gasteiger partial charge in [0.2, 0.25) is 0 Å². The molecule has 358 valence electrons. The monoisotopic (exact) mass is 892 g/mol. The molecule has 2 aliphatic rings. The summed E-state index contributed by atoms with van der Waals surface area (Å²) in [5.74, 6) is -4.64. The molecule has 0 aromatic carbocycles. The normalized spacial score (nSPS) is 29.0. The summed E-state index contributed by atoms with van der Waals surface area (Å²) in [5, 5.41) is 85.5. The summed E-state index contributed by atoms with van der Waals surface area (Å²) in [6, 6.07) is -0.619. The van der Waals surface area contributed by atoms with Crippen LogP contribution >= 0.6 is 0 Å². The van der Waals surface area contributed by atoms with Crippen LogP contribution in [-0.2, 0) is 28.5 Å². The lowest BCUT2D eigenvalue weighted by atomic mass is 9.85. The summed E-state index contributed by atoms with van der Waals surface area (Å²) >= 11 is 0. The summed E-state index contributed by atoms with van der Waals surface area (Å²) in [5.41, 5.74) is 6.14. The number of carbonyl (C=O) groups is 2. The average Bonchev–Trinajstić information content (AvgIpc) is 3.20. The number of hydrogen-bond acceptors (Lipinski definition) is 14. The van der Waals surface area contributed by atoms with Crippen LogP contribution < -0.4 is 5.73 Å². The number of carbonyl (C=O) groups excluding carboxylic acids is 1. The molecule has 2 rings (SSSR count). The molecule has 2 heterocycles. The molecule has 5 unspecified atom stereocenters. The van der Waals surface area contributed by atoms with Crippen LogP contribution in [0.4, 0.5) is 0 Å². The fraction of sp³-hybridized carbons (Fsp3) is 0.667. The predicted molar refractivity (Wildman–Crippen MR) is 240 cm³/mol. The quantitative estimate of drug-likeness (QED) is 0.0385. The first kappa shape index (κ1) is 55.8. The van der Waals surface area contributed by atoms with Gasteiger partial charge in [-0.2, -0.15) is 0 Å². The van der Waals surface area contributed by atoms with E-state index in [1.54, 1.807) is 38.2 Å². The van der Waals surface area contributed by atoms with E-state index in [0.717, 1.165) is 12.8 Å². The van der Waals surface area contributed by atoms with E-state index in [2.05, 4.69) is 13.0 Å². The SMILES string of the molecule is CC/C=C/C=C/C=C/C=C/C=C/C=C/C=C/[C@@H](C[C@@H]1O[C@](O)(C[C@@H](O)C[C@@H](O)[C@H](O)CC[C@@H](O)C[C@@H](O)CC(=O)O[C@@H](C)[C@H](C)CC)CCC1C(=O)O)OC1OC(C)CC(N)C1O. The topological polar surface area (TPSA) is 259 Å². The fourth-order valence-electron chi connectivity index (χ4n) is 7.32. The zero-order valence-corrected chi connectivity index (χ0v) is 37.8. The minimum Gasteiger partial charge on any atom is -0.481 e. The maximum Gasteiger partial charge on any atom is 0.309 e. The molecule has 15 heteroatoms. The van der Waals surface area contributed by atoms with Gasteiger partial charge in [0.05, 0.1) is 61.2 Å². The Morgan fingerprint density at radius 2 is 1.44 bits per heavy atom. The van der Waals surface area contributed by atoms with Crippen LogP contribution in [0.3, 0.4) is 0 Å². The largest absolute Gasteiger partial charge is 0.481 e. The van der Waals surface area contributed by atoms with Gasteiger partial charge in [-0.1, -0.05) is 112 Å². The van der Waals surface area contributed by atoms with Crippen molar-refractivity contribution in [1.82, 2.24) is 0 Å². The highest BCUT2D eigenvalue weighted by Gasteiger charge is 2.46. The number of nitrogens with two attached hydrogens (primary N) is 1. The van der Waals surface area contributed by atoms with Gasteiger partial charge in [-0.3, -0.25) is 9.59 Å². The van der Waals surface area contributed by atoms with Crippen LogP contribution in [0.2, 0.25) is 0 Å². The van der Waals surface area contributed by atoms with Crippen molar-refractivity contribution in [3.05, 3.63) is 85.1 Å². The van der Waals surface area contributed by atoms with E-state index in [0.29, 0.717) is 6.42 Å². The molecular formula is C48H77NO14. The molecule has 0 bridgehead atoms. The highest BCUT2D eigenvalue weighted by Crippen LogP contribution is 2.38. The van der Waals surface area contributed by atoms with Crippen molar-refractivity contribution in [2.45, 2.75) is 191 Å². The van der Waals surface area contributed by atoms with Gasteiger partial charge >= 0.3 is 11.9 Å². The Labute approximate surface area is 374 Å². The summed E-state index contributed by atoms with van der Waals surface area (Å²) in [6.07, 6.45) is 15.3. The van der Waals surface area contributed by atoms with Crippen LogP contribution in [0.25, 0.3) is 0 Å². The Hall–Kier alpha value is -3.32. The Morgan fingerprint density at radius 3 is 2.03 bits per heavy atom. The van der Waals surface area contributed by atoms with E-state index in [-0.39, 0.29) is 69.5 Å². The number of esters is 1. The number of aliphatic hydroxyl groups excluding tert-OH is 6. The minimum absolute atomic E-state index is 0.00671. The number of carboxylic acid groups (broad SMARTS) is 1. The van der Waals surface area contributed by atoms with Gasteiger partial charge in [-0.25, -0.2) is 0 Å². The number of aliphatic carboxylic acids is 1. The van der Waals surface area contributed by atoms with E-state index in [1.165, 1.54) is 0 Å². The highest BCUT2D eigenvalue weighted by molar-refractivity contribution is 5.71. The first-order valence-electron chi connectivity index (χ1n) is 22.5. The van der Waals surface area contributed by atoms with E-state index < -0.39 is 91.2 Å². The van der Waals surface area contributed by atoms with Crippen LogP contribution in [0, 0.1) is 11.8 Å². The maximum atomic E-state index is 12.4. The van der Waals surface area contributed by atoms with Crippen LogP contribution in [-0.4, -0.2) is 132 Å². The number of ether oxygens (including phenoxy) is 4. The Balaban J connectivity index is 2.04. The van der Waals surface area contributed by atoms with E-state index in [1.807, 2.05) is 68.5 Å². The van der Waals surface area contributed by atoms with Gasteiger partial charge in [0, 0.05) is 31.7 Å². The molecule has 2 saturated heterocycles. The zero-order valence-electron chi connectivity index (χ0n) is 37.8. The smallest absolute Gasteiger partial charge is 0.309 e. The standard InChI is InChI=1S/C48H77NO14/c1-6-8-9-10-11-12-13-14-15-16-17-18-19-20-21-38(62-47-45(56)40(49)26-33(4)60-47)30-43-39(46(57)58)24-25-48(59,63-43)31-37(52)28-42(54)41(53)23-22-35(50)27-36(51)29-44(55)61-34(5)32(3)7-2/h8-21,32-43,45,47,50-54,56,59H,6-7,22-31,49H2,1-5H3,(H,57,58)/b9-8+,11-10+,13-12+,15-14+,17-16+,19-18+,21-20+/t32-,33?,34+,35-,36-,37+,38+,39?,40?,41-,42-,43+,45?,47?,48+/m1/s1. The molecule has 0 aromatic heterocycles. The average molecular weight is 892 g/mol. The molecule has 0 aromatic rings. The van der Waals surface area contributed by atoms with Gasteiger partial charge in [0.15, 0.2) is 12.1 Å². The lowest BCUT2D eigenvalue weighted by molar-refractivity contribution is -0.289. The summed E-state index contributed by atoms with van der Waals surface area (Å²) in [7, 11) is 0. The van der Waals surface area contributed by atoms with Crippen molar-refractivity contribution in [3.8, 4) is 0 Å². The third kappa shape index (κ3) is 22.4. The number of allylic oxidation sites excluding steroid dienone is 13. The predicted octanol–water partition coefficient (Wildman–Crippen LogP) is 4.58. The van der Waals surface area contributed by atoms with Gasteiger partial charge in [0.25, 0.3) is 0 Å². The van der Waals surface area contributed by atoms with Gasteiger partial charge < -0.3 is 65.5 Å². The van der Waals surface area contributed by atoms with Crippen LogP contribution in [0.5, 0.6) is 0 Å². The molecular weight excluding hydrogens is 815 g/mol. The lowest BCUT2D eigenvalue weighted by Gasteiger charge is -2.43. The second kappa shape index (κ2) is 30.0. The maximum absolute atomic E-state index is 12.4. The molecule has 0 amide bonds. The molecule has 15 nitrogen and oxygen atoms in total. The Morgan fingerprint density at radius 1 is 0.841 bits per heavy atom. The number of aliphatic hydroxyl groups is 7. The van der Waals surface area contributed by atoms with Crippen molar-refractivity contribution in [2.75, 3.05) is 0 Å². The van der Waals surface area contributed by atoms with Gasteiger partial charge in [-0.15, -0.1) is 0 Å². The highest BCUT2D eigenvalue weighted by atomic mass is 16.7. The van der Waals surface area contributed by atoms with Crippen molar-refractivity contribution in [1.29, 1.82) is 0 Å². The molecule has 2 fully saturated rings. The van der Waals surface area contributed by atoms with E-state index in [9.17, 15) is 50.4 Å². The summed E-state index contributed by atoms with van der Waals surface area (Å²) in [4.78, 5) is 24.6. The minimum atomic E-state index is -2.00. The molecule has 0 aliphatic carbocycles. The van der Waals surface area contributed by atoms with E-state index >= 15 is 0 Å². The molecule has 15 atom stereocenters. The third-order valence-corrected chi connectivity index (χ3v) is 11.4.